The van der Waals surface area contributed by atoms with Gasteiger partial charge in [0, 0.05) is 17.6 Å². The second-order valence-corrected chi connectivity index (χ2v) is 8.86. The van der Waals surface area contributed by atoms with Crippen LogP contribution in [-0.4, -0.2) is 36.9 Å². The lowest BCUT2D eigenvalue weighted by molar-refractivity contribution is 0.0696. The van der Waals surface area contributed by atoms with E-state index < -0.39 is 16.0 Å². The third-order valence-corrected chi connectivity index (χ3v) is 6.91. The summed E-state index contributed by atoms with van der Waals surface area (Å²) in [6.07, 6.45) is 0.793. The van der Waals surface area contributed by atoms with E-state index in [1.54, 1.807) is 6.92 Å². The Labute approximate surface area is 133 Å². The summed E-state index contributed by atoms with van der Waals surface area (Å²) in [6.45, 7) is 6.63. The Bertz CT molecular complexity index is 697. The molecule has 0 aliphatic carbocycles. The van der Waals surface area contributed by atoms with Gasteiger partial charge in [0.2, 0.25) is 10.0 Å². The highest BCUT2D eigenvalue weighted by Gasteiger charge is 2.38. The van der Waals surface area contributed by atoms with E-state index in [2.05, 4.69) is 15.9 Å². The highest BCUT2D eigenvalue weighted by molar-refractivity contribution is 9.10. The summed E-state index contributed by atoms with van der Waals surface area (Å²) in [4.78, 5) is 11.2. The summed E-state index contributed by atoms with van der Waals surface area (Å²) in [5.74, 6) is -1.14. The Morgan fingerprint density at radius 1 is 1.38 bits per heavy atom. The SMILES string of the molecule is Cc1cc(C(=O)O)cc(S(=O)(=O)N2CCC(C)(C)C2)c1Br. The molecule has 1 N–H and O–H groups in total. The molecule has 0 saturated carbocycles. The van der Waals surface area contributed by atoms with Gasteiger partial charge in [-0.3, -0.25) is 0 Å². The van der Waals surface area contributed by atoms with Crippen LogP contribution in [0.5, 0.6) is 0 Å². The van der Waals surface area contributed by atoms with Crippen LogP contribution in [0.4, 0.5) is 0 Å². The van der Waals surface area contributed by atoms with Crippen LogP contribution in [0.2, 0.25) is 0 Å². The number of halogens is 1. The minimum absolute atomic E-state index is 0.0206. The van der Waals surface area contributed by atoms with Crippen molar-refractivity contribution in [1.29, 1.82) is 0 Å². The number of carboxylic acids is 1. The summed E-state index contributed by atoms with van der Waals surface area (Å²) in [6, 6.07) is 2.68. The fourth-order valence-electron chi connectivity index (χ4n) is 2.46. The lowest BCUT2D eigenvalue weighted by Crippen LogP contribution is -2.31. The lowest BCUT2D eigenvalue weighted by atomic mass is 9.93. The molecule has 1 saturated heterocycles. The zero-order valence-electron chi connectivity index (χ0n) is 12.2. The minimum atomic E-state index is -3.70. The number of benzene rings is 1. The molecule has 1 aliphatic rings. The number of hydrogen-bond acceptors (Lipinski definition) is 3. The summed E-state index contributed by atoms with van der Waals surface area (Å²) >= 11 is 3.28. The molecule has 0 amide bonds. The van der Waals surface area contributed by atoms with Gasteiger partial charge in [0.05, 0.1) is 10.5 Å². The van der Waals surface area contributed by atoms with Crippen molar-refractivity contribution >= 4 is 31.9 Å². The van der Waals surface area contributed by atoms with Crippen molar-refractivity contribution in [2.45, 2.75) is 32.1 Å². The molecule has 1 fully saturated rings. The minimum Gasteiger partial charge on any atom is -0.478 e. The number of rotatable bonds is 3. The van der Waals surface area contributed by atoms with Crippen molar-refractivity contribution in [1.82, 2.24) is 4.31 Å². The summed E-state index contributed by atoms with van der Waals surface area (Å²) < 4.78 is 27.4. The molecule has 0 spiro atoms. The van der Waals surface area contributed by atoms with Crippen LogP contribution in [0.25, 0.3) is 0 Å². The van der Waals surface area contributed by atoms with Gasteiger partial charge in [0.1, 0.15) is 0 Å². The molecule has 0 unspecified atom stereocenters. The smallest absolute Gasteiger partial charge is 0.335 e. The molecule has 21 heavy (non-hydrogen) atoms. The van der Waals surface area contributed by atoms with Crippen molar-refractivity contribution in [2.75, 3.05) is 13.1 Å². The Morgan fingerprint density at radius 3 is 2.48 bits per heavy atom. The number of nitrogens with zero attached hydrogens (tertiary/aromatic N) is 1. The number of aromatic carboxylic acids is 1. The first-order valence-electron chi connectivity index (χ1n) is 6.58. The number of aryl methyl sites for hydroxylation is 1. The van der Waals surface area contributed by atoms with Crippen molar-refractivity contribution in [3.05, 3.63) is 27.7 Å². The average Bonchev–Trinajstić information content (AvgIpc) is 2.73. The first-order chi connectivity index (χ1) is 9.54. The van der Waals surface area contributed by atoms with E-state index in [4.69, 9.17) is 5.11 Å². The van der Waals surface area contributed by atoms with Gasteiger partial charge < -0.3 is 5.11 Å². The van der Waals surface area contributed by atoms with Gasteiger partial charge in [-0.05, 0) is 52.4 Å². The van der Waals surface area contributed by atoms with Crippen LogP contribution in [0.3, 0.4) is 0 Å². The van der Waals surface area contributed by atoms with Gasteiger partial charge in [-0.1, -0.05) is 13.8 Å². The predicted molar refractivity (Wildman–Crippen MR) is 83.0 cm³/mol. The molecule has 0 atom stereocenters. The fourth-order valence-corrected chi connectivity index (χ4v) is 5.09. The van der Waals surface area contributed by atoms with Crippen LogP contribution in [0.15, 0.2) is 21.5 Å². The normalized spacial score (nSPS) is 18.9. The van der Waals surface area contributed by atoms with Gasteiger partial charge in [0.15, 0.2) is 0 Å². The maximum atomic E-state index is 12.8. The standard InChI is InChI=1S/C14H18BrNO4S/c1-9-6-10(13(17)18)7-11(12(9)15)21(19,20)16-5-4-14(2,3)8-16/h6-7H,4-5,8H2,1-3H3,(H,17,18). The third kappa shape index (κ3) is 3.14. The molecule has 116 valence electrons. The van der Waals surface area contributed by atoms with Gasteiger partial charge in [0.25, 0.3) is 0 Å². The highest BCUT2D eigenvalue weighted by Crippen LogP contribution is 2.36. The highest BCUT2D eigenvalue weighted by atomic mass is 79.9. The van der Waals surface area contributed by atoms with Gasteiger partial charge in [-0.15, -0.1) is 0 Å². The molecular weight excluding hydrogens is 358 g/mol. The molecule has 1 aromatic rings. The zero-order valence-corrected chi connectivity index (χ0v) is 14.6. The summed E-state index contributed by atoms with van der Waals surface area (Å²) in [7, 11) is -3.70. The molecule has 1 aliphatic heterocycles. The van der Waals surface area contributed by atoms with Crippen LogP contribution >= 0.6 is 15.9 Å². The van der Waals surface area contributed by atoms with E-state index in [0.29, 0.717) is 23.1 Å². The Hall–Kier alpha value is -0.920. The van der Waals surface area contributed by atoms with Gasteiger partial charge >= 0.3 is 5.97 Å². The largest absolute Gasteiger partial charge is 0.478 e. The van der Waals surface area contributed by atoms with Crippen molar-refractivity contribution < 1.29 is 18.3 Å². The molecule has 0 bridgehead atoms. The van der Waals surface area contributed by atoms with E-state index in [1.165, 1.54) is 16.4 Å². The Morgan fingerprint density at radius 2 is 2.00 bits per heavy atom. The van der Waals surface area contributed by atoms with Gasteiger partial charge in [-0.2, -0.15) is 4.31 Å². The molecule has 0 radical (unpaired) electrons. The molecule has 7 heteroatoms. The average molecular weight is 376 g/mol. The predicted octanol–water partition coefficient (Wildman–Crippen LogP) is 2.88. The second kappa shape index (κ2) is 5.37. The summed E-state index contributed by atoms with van der Waals surface area (Å²) in [5.41, 5.74) is 0.513. The zero-order chi connectivity index (χ0) is 16.0. The van der Waals surface area contributed by atoms with Crippen molar-refractivity contribution in [3.63, 3.8) is 0 Å². The molecular formula is C14H18BrNO4S. The molecule has 1 aromatic carbocycles. The van der Waals surface area contributed by atoms with Crippen molar-refractivity contribution in [3.8, 4) is 0 Å². The van der Waals surface area contributed by atoms with E-state index in [1.807, 2.05) is 13.8 Å². The van der Waals surface area contributed by atoms with Crippen LogP contribution in [0, 0.1) is 12.3 Å². The van der Waals surface area contributed by atoms with Crippen molar-refractivity contribution in [2.24, 2.45) is 5.41 Å². The Balaban J connectivity index is 2.53. The van der Waals surface area contributed by atoms with Gasteiger partial charge in [-0.25, -0.2) is 13.2 Å². The van der Waals surface area contributed by atoms with Crippen LogP contribution in [-0.2, 0) is 10.0 Å². The first kappa shape index (κ1) is 16.5. The van der Waals surface area contributed by atoms with Crippen LogP contribution in [0.1, 0.15) is 36.2 Å². The first-order valence-corrected chi connectivity index (χ1v) is 8.81. The topological polar surface area (TPSA) is 74.7 Å². The number of carbonyl (C=O) groups is 1. The molecule has 2 rings (SSSR count). The van der Waals surface area contributed by atoms with E-state index >= 15 is 0 Å². The maximum absolute atomic E-state index is 12.8. The number of sulfonamides is 1. The monoisotopic (exact) mass is 375 g/mol. The molecule has 0 aromatic heterocycles. The molecule has 1 heterocycles. The lowest BCUT2D eigenvalue weighted by Gasteiger charge is -2.21. The molecule has 5 nitrogen and oxygen atoms in total. The maximum Gasteiger partial charge on any atom is 0.335 e. The summed E-state index contributed by atoms with van der Waals surface area (Å²) in [5, 5.41) is 9.12. The third-order valence-electron chi connectivity index (χ3n) is 3.73. The second-order valence-electron chi connectivity index (χ2n) is 6.16. The van der Waals surface area contributed by atoms with Crippen LogP contribution < -0.4 is 0 Å². The quantitative estimate of drug-likeness (QED) is 0.880. The van der Waals surface area contributed by atoms with E-state index in [0.717, 1.165) is 6.42 Å². The van der Waals surface area contributed by atoms with E-state index in [9.17, 15) is 13.2 Å². The van der Waals surface area contributed by atoms with E-state index in [-0.39, 0.29) is 15.9 Å². The Kier molecular flexibility index (Phi) is 4.21. The number of hydrogen-bond donors (Lipinski definition) is 1. The number of carboxylic acid groups (broad SMARTS) is 1. The fraction of sp³-hybridized carbons (Fsp3) is 0.500.